The molecule has 4 nitrogen and oxygen atoms in total. The minimum absolute atomic E-state index is 0.0833. The number of nitrogens with one attached hydrogen (secondary N) is 1. The summed E-state index contributed by atoms with van der Waals surface area (Å²) in [6.45, 7) is -0.0833. The highest BCUT2D eigenvalue weighted by atomic mass is 16.5. The molecule has 30 heavy (non-hydrogen) atoms. The Morgan fingerprint density at radius 3 is 2.20 bits per heavy atom. The Labute approximate surface area is 176 Å². The molecule has 4 aromatic rings. The first kappa shape index (κ1) is 19.4. The molecule has 0 aliphatic carbocycles. The molecule has 4 heteroatoms. The van der Waals surface area contributed by atoms with Gasteiger partial charge >= 0.3 is 0 Å². The number of aromatic nitrogens is 1. The molecule has 3 aromatic carbocycles. The maximum absolute atomic E-state index is 12.8. The van der Waals surface area contributed by atoms with Crippen molar-refractivity contribution in [1.82, 2.24) is 10.3 Å². The van der Waals surface area contributed by atoms with E-state index in [4.69, 9.17) is 4.74 Å². The number of ether oxygens (including phenoxy) is 1. The smallest absolute Gasteiger partial charge is 0.258 e. The monoisotopic (exact) mass is 394 g/mol. The second-order valence-corrected chi connectivity index (χ2v) is 6.82. The van der Waals surface area contributed by atoms with Gasteiger partial charge in [0.2, 0.25) is 0 Å². The van der Waals surface area contributed by atoms with Crippen LogP contribution in [0.25, 0.3) is 11.1 Å². The lowest BCUT2D eigenvalue weighted by Crippen LogP contribution is -2.33. The molecule has 0 saturated carbocycles. The van der Waals surface area contributed by atoms with E-state index in [1.54, 1.807) is 6.20 Å². The summed E-state index contributed by atoms with van der Waals surface area (Å²) in [5, 5.41) is 3.05. The van der Waals surface area contributed by atoms with E-state index in [2.05, 4.69) is 10.3 Å². The first-order valence-electron chi connectivity index (χ1n) is 9.84. The molecule has 0 radical (unpaired) electrons. The van der Waals surface area contributed by atoms with Crippen LogP contribution in [0.15, 0.2) is 109 Å². The zero-order valence-corrected chi connectivity index (χ0v) is 16.4. The van der Waals surface area contributed by atoms with Gasteiger partial charge in [0.1, 0.15) is 5.75 Å². The molecule has 0 spiro atoms. The van der Waals surface area contributed by atoms with Crippen molar-refractivity contribution < 1.29 is 9.53 Å². The van der Waals surface area contributed by atoms with Crippen molar-refractivity contribution in [2.45, 2.75) is 6.04 Å². The van der Waals surface area contributed by atoms with Crippen molar-refractivity contribution in [1.29, 1.82) is 0 Å². The van der Waals surface area contributed by atoms with E-state index in [0.29, 0.717) is 5.75 Å². The average Bonchev–Trinajstić information content (AvgIpc) is 2.83. The van der Waals surface area contributed by atoms with Crippen LogP contribution >= 0.6 is 0 Å². The average molecular weight is 394 g/mol. The summed E-state index contributed by atoms with van der Waals surface area (Å²) < 4.78 is 5.89. The fourth-order valence-electron chi connectivity index (χ4n) is 3.31. The third-order valence-corrected chi connectivity index (χ3v) is 4.75. The Morgan fingerprint density at radius 2 is 1.47 bits per heavy atom. The SMILES string of the molecule is O=C(COc1ccccc1-c1ccccc1)NC(c1ccccc1)c1ccccn1. The van der Waals surface area contributed by atoms with E-state index in [0.717, 1.165) is 22.4 Å². The molecule has 1 heterocycles. The van der Waals surface area contributed by atoms with Gasteiger partial charge in [0, 0.05) is 11.8 Å². The van der Waals surface area contributed by atoms with E-state index < -0.39 is 0 Å². The van der Waals surface area contributed by atoms with Crippen LogP contribution < -0.4 is 10.1 Å². The lowest BCUT2D eigenvalue weighted by Gasteiger charge is -2.19. The quantitative estimate of drug-likeness (QED) is 0.478. The Bertz CT molecular complexity index is 1040. The van der Waals surface area contributed by atoms with Crippen molar-refractivity contribution in [2.24, 2.45) is 0 Å². The molecule has 0 fully saturated rings. The number of amides is 1. The lowest BCUT2D eigenvalue weighted by atomic mass is 10.0. The van der Waals surface area contributed by atoms with Gasteiger partial charge in [-0.25, -0.2) is 0 Å². The van der Waals surface area contributed by atoms with E-state index in [1.807, 2.05) is 103 Å². The Morgan fingerprint density at radius 1 is 0.800 bits per heavy atom. The third-order valence-electron chi connectivity index (χ3n) is 4.75. The standard InChI is InChI=1S/C26H22N2O2/c29-25(19-30-24-17-8-7-15-22(24)20-11-3-1-4-12-20)28-26(21-13-5-2-6-14-21)23-16-9-10-18-27-23/h1-18,26H,19H2,(H,28,29). The first-order valence-corrected chi connectivity index (χ1v) is 9.84. The van der Waals surface area contributed by atoms with Crippen molar-refractivity contribution in [3.05, 3.63) is 121 Å². The molecular weight excluding hydrogens is 372 g/mol. The van der Waals surface area contributed by atoms with Crippen LogP contribution in [0.3, 0.4) is 0 Å². The van der Waals surface area contributed by atoms with Crippen molar-refractivity contribution >= 4 is 5.91 Å². The predicted molar refractivity (Wildman–Crippen MR) is 118 cm³/mol. The van der Waals surface area contributed by atoms with Gasteiger partial charge in [0.25, 0.3) is 5.91 Å². The van der Waals surface area contributed by atoms with Gasteiger partial charge in [0.15, 0.2) is 6.61 Å². The Hall–Kier alpha value is -3.92. The molecule has 1 N–H and O–H groups in total. The number of pyridine rings is 1. The van der Waals surface area contributed by atoms with Gasteiger partial charge in [-0.05, 0) is 29.3 Å². The molecule has 4 rings (SSSR count). The van der Waals surface area contributed by atoms with Crippen LogP contribution in [0.1, 0.15) is 17.3 Å². The molecular formula is C26H22N2O2. The third kappa shape index (κ3) is 4.73. The van der Waals surface area contributed by atoms with Crippen molar-refractivity contribution in [2.75, 3.05) is 6.61 Å². The largest absolute Gasteiger partial charge is 0.483 e. The van der Waals surface area contributed by atoms with Gasteiger partial charge in [-0.15, -0.1) is 0 Å². The number of nitrogens with zero attached hydrogens (tertiary/aromatic N) is 1. The summed E-state index contributed by atoms with van der Waals surface area (Å²) in [6.07, 6.45) is 1.73. The molecule has 0 aliphatic heterocycles. The van der Waals surface area contributed by atoms with Gasteiger partial charge < -0.3 is 10.1 Å². The zero-order valence-electron chi connectivity index (χ0n) is 16.4. The van der Waals surface area contributed by atoms with Gasteiger partial charge in [-0.1, -0.05) is 84.9 Å². The number of benzene rings is 3. The summed E-state index contributed by atoms with van der Waals surface area (Å²) in [5.74, 6) is 0.463. The molecule has 0 aliphatic rings. The highest BCUT2D eigenvalue weighted by molar-refractivity contribution is 5.79. The van der Waals surface area contributed by atoms with Gasteiger partial charge in [-0.2, -0.15) is 0 Å². The van der Waals surface area contributed by atoms with E-state index in [1.165, 1.54) is 0 Å². The molecule has 1 amide bonds. The zero-order chi connectivity index (χ0) is 20.6. The lowest BCUT2D eigenvalue weighted by molar-refractivity contribution is -0.123. The van der Waals surface area contributed by atoms with Crippen LogP contribution in [0, 0.1) is 0 Å². The predicted octanol–water partition coefficient (Wildman–Crippen LogP) is 5.03. The topological polar surface area (TPSA) is 51.2 Å². The van der Waals surface area contributed by atoms with E-state index in [-0.39, 0.29) is 18.6 Å². The van der Waals surface area contributed by atoms with E-state index >= 15 is 0 Å². The summed E-state index contributed by atoms with van der Waals surface area (Å²) >= 11 is 0. The molecule has 148 valence electrons. The highest BCUT2D eigenvalue weighted by Crippen LogP contribution is 2.29. The van der Waals surface area contributed by atoms with Gasteiger partial charge in [-0.3, -0.25) is 9.78 Å². The number of carbonyl (C=O) groups excluding carboxylic acids is 1. The highest BCUT2D eigenvalue weighted by Gasteiger charge is 2.18. The minimum atomic E-state index is -0.340. The number of rotatable bonds is 7. The van der Waals surface area contributed by atoms with E-state index in [9.17, 15) is 4.79 Å². The molecule has 1 unspecified atom stereocenters. The fourth-order valence-corrected chi connectivity index (χ4v) is 3.31. The minimum Gasteiger partial charge on any atom is -0.483 e. The fraction of sp³-hybridized carbons (Fsp3) is 0.0769. The van der Waals surface area contributed by atoms with Crippen LogP contribution in [-0.4, -0.2) is 17.5 Å². The van der Waals surface area contributed by atoms with Crippen molar-refractivity contribution in [3.63, 3.8) is 0 Å². The second kappa shape index (κ2) is 9.52. The maximum Gasteiger partial charge on any atom is 0.258 e. The van der Waals surface area contributed by atoms with Crippen LogP contribution in [0.4, 0.5) is 0 Å². The second-order valence-electron chi connectivity index (χ2n) is 6.82. The molecule has 0 saturated heterocycles. The normalized spacial score (nSPS) is 11.5. The summed E-state index contributed by atoms with van der Waals surface area (Å²) in [6, 6.07) is 32.9. The number of hydrogen-bond donors (Lipinski definition) is 1. The Kier molecular flexibility index (Phi) is 6.16. The first-order chi connectivity index (χ1) is 14.8. The number of para-hydroxylation sites is 1. The molecule has 1 atom stereocenters. The summed E-state index contributed by atoms with van der Waals surface area (Å²) in [5.41, 5.74) is 3.75. The molecule has 1 aromatic heterocycles. The summed E-state index contributed by atoms with van der Waals surface area (Å²) in [4.78, 5) is 17.2. The van der Waals surface area contributed by atoms with Crippen LogP contribution in [0.2, 0.25) is 0 Å². The van der Waals surface area contributed by atoms with Crippen LogP contribution in [-0.2, 0) is 4.79 Å². The van der Waals surface area contributed by atoms with Crippen LogP contribution in [0.5, 0.6) is 5.75 Å². The van der Waals surface area contributed by atoms with Gasteiger partial charge in [0.05, 0.1) is 11.7 Å². The molecule has 0 bridgehead atoms. The number of hydrogen-bond acceptors (Lipinski definition) is 3. The van der Waals surface area contributed by atoms with Crippen molar-refractivity contribution in [3.8, 4) is 16.9 Å². The summed E-state index contributed by atoms with van der Waals surface area (Å²) in [7, 11) is 0. The Balaban J connectivity index is 1.49. The maximum atomic E-state index is 12.8. The number of carbonyl (C=O) groups is 1.